The van der Waals surface area contributed by atoms with E-state index < -0.39 is 8.45 Å². The summed E-state index contributed by atoms with van der Waals surface area (Å²) in [5.74, 6) is 0. The second kappa shape index (κ2) is 8.87. The van der Waals surface area contributed by atoms with Gasteiger partial charge in [-0.25, -0.2) is 9.34 Å². The summed E-state index contributed by atoms with van der Waals surface area (Å²) < 4.78 is 10.7. The maximum Gasteiger partial charge on any atom is 0.189 e. The fourth-order valence-electron chi connectivity index (χ4n) is 2.32. The van der Waals surface area contributed by atoms with Crippen LogP contribution in [0.4, 0.5) is 0 Å². The van der Waals surface area contributed by atoms with E-state index >= 15 is 0 Å². The summed E-state index contributed by atoms with van der Waals surface area (Å²) in [5.41, 5.74) is 0. The van der Waals surface area contributed by atoms with Crippen molar-refractivity contribution < 1.29 is 4.52 Å². The van der Waals surface area contributed by atoms with E-state index in [1.165, 1.54) is 0 Å². The van der Waals surface area contributed by atoms with E-state index in [2.05, 4.69) is 70.8 Å². The van der Waals surface area contributed by atoms with Crippen LogP contribution in [0.25, 0.3) is 0 Å². The Morgan fingerprint density at radius 3 is 1.37 bits per heavy atom. The molecule has 0 unspecified atom stereocenters. The molecule has 0 heterocycles. The van der Waals surface area contributed by atoms with Gasteiger partial charge in [-0.2, -0.15) is 5.26 Å². The first-order valence-corrected chi connectivity index (χ1v) is 8.27. The fraction of sp³-hybridized carbons (Fsp3) is 0.929. The van der Waals surface area contributed by atoms with Gasteiger partial charge in [0.2, 0.25) is 0 Å². The van der Waals surface area contributed by atoms with Crippen LogP contribution in [0.2, 0.25) is 0 Å². The van der Waals surface area contributed by atoms with Crippen LogP contribution in [0.5, 0.6) is 0 Å². The van der Waals surface area contributed by atoms with Crippen molar-refractivity contribution in [3.05, 3.63) is 0 Å². The highest BCUT2D eigenvalue weighted by molar-refractivity contribution is 7.47. The average molecular weight is 287 g/mol. The molecule has 0 spiro atoms. The number of hydrogen-bond acceptors (Lipinski definition) is 4. The molecule has 0 aromatic carbocycles. The normalized spacial score (nSPS) is 12.7. The Labute approximate surface area is 120 Å². The summed E-state index contributed by atoms with van der Waals surface area (Å²) in [7, 11) is -0.907. The van der Waals surface area contributed by atoms with Crippen LogP contribution in [0.15, 0.2) is 0 Å². The van der Waals surface area contributed by atoms with Crippen molar-refractivity contribution in [2.75, 3.05) is 6.61 Å². The average Bonchev–Trinajstić information content (AvgIpc) is 2.23. The first kappa shape index (κ1) is 18.8. The first-order chi connectivity index (χ1) is 8.73. The predicted octanol–water partition coefficient (Wildman–Crippen LogP) is 3.99. The Morgan fingerprint density at radius 1 is 0.842 bits per heavy atom. The second-order valence-corrected chi connectivity index (χ2v) is 7.51. The lowest BCUT2D eigenvalue weighted by Gasteiger charge is -2.45. The minimum atomic E-state index is -0.907. The lowest BCUT2D eigenvalue weighted by atomic mass is 10.3. The largest absolute Gasteiger partial charge is 0.316 e. The Kier molecular flexibility index (Phi) is 8.78. The zero-order valence-corrected chi connectivity index (χ0v) is 14.6. The first-order valence-electron chi connectivity index (χ1n) is 7.10. The van der Waals surface area contributed by atoms with E-state index in [0.717, 1.165) is 0 Å². The summed E-state index contributed by atoms with van der Waals surface area (Å²) in [5, 5.41) is 8.83. The molecule has 0 aliphatic heterocycles. The molecule has 19 heavy (non-hydrogen) atoms. The van der Waals surface area contributed by atoms with Crippen LogP contribution >= 0.6 is 8.45 Å². The Bertz CT molecular complexity index is 251. The lowest BCUT2D eigenvalue weighted by molar-refractivity contribution is 0.197. The molecule has 0 bridgehead atoms. The maximum absolute atomic E-state index is 8.83. The molecule has 0 radical (unpaired) electrons. The van der Waals surface area contributed by atoms with Crippen molar-refractivity contribution in [1.29, 1.82) is 5.26 Å². The zero-order chi connectivity index (χ0) is 15.2. The van der Waals surface area contributed by atoms with Crippen LogP contribution in [0.1, 0.15) is 55.4 Å². The Balaban J connectivity index is 5.31. The molecule has 0 N–H and O–H groups in total. The van der Waals surface area contributed by atoms with Crippen LogP contribution in [0, 0.1) is 11.3 Å². The molecular weight excluding hydrogens is 257 g/mol. The molecule has 5 heteroatoms. The summed E-state index contributed by atoms with van der Waals surface area (Å²) >= 11 is 0. The minimum absolute atomic E-state index is 0.150. The molecule has 0 saturated heterocycles. The summed E-state index contributed by atoms with van der Waals surface area (Å²) in [6.45, 7) is 17.6. The molecule has 4 nitrogen and oxygen atoms in total. The molecule has 0 aromatic heterocycles. The number of hydrogen-bond donors (Lipinski definition) is 0. The van der Waals surface area contributed by atoms with Gasteiger partial charge in [0.15, 0.2) is 8.45 Å². The molecule has 0 aromatic rings. The zero-order valence-electron chi connectivity index (χ0n) is 13.7. The van der Waals surface area contributed by atoms with Gasteiger partial charge in [-0.3, -0.25) is 0 Å². The van der Waals surface area contributed by atoms with Crippen LogP contribution in [0.3, 0.4) is 0 Å². The van der Waals surface area contributed by atoms with Crippen molar-refractivity contribution in [2.45, 2.75) is 79.6 Å². The second-order valence-electron chi connectivity index (χ2n) is 5.82. The van der Waals surface area contributed by atoms with E-state index in [9.17, 15) is 0 Å². The Hall–Kier alpha value is -0.200. The summed E-state index contributed by atoms with van der Waals surface area (Å²) in [4.78, 5) is 0. The van der Waals surface area contributed by atoms with Crippen molar-refractivity contribution >= 4 is 8.45 Å². The number of nitrogens with zero attached hydrogens (tertiary/aromatic N) is 3. The molecule has 0 amide bonds. The van der Waals surface area contributed by atoms with Crippen molar-refractivity contribution in [1.82, 2.24) is 9.34 Å². The highest BCUT2D eigenvalue weighted by Gasteiger charge is 2.34. The van der Waals surface area contributed by atoms with Gasteiger partial charge in [-0.1, -0.05) is 0 Å². The smallest absolute Gasteiger partial charge is 0.189 e. The molecule has 0 rings (SSSR count). The monoisotopic (exact) mass is 287 g/mol. The van der Waals surface area contributed by atoms with Crippen LogP contribution < -0.4 is 0 Å². The van der Waals surface area contributed by atoms with Gasteiger partial charge in [-0.15, -0.1) is 0 Å². The Morgan fingerprint density at radius 2 is 1.16 bits per heavy atom. The minimum Gasteiger partial charge on any atom is -0.316 e. The highest BCUT2D eigenvalue weighted by atomic mass is 31.2. The molecule has 112 valence electrons. The van der Waals surface area contributed by atoms with Crippen molar-refractivity contribution in [3.8, 4) is 6.07 Å². The highest BCUT2D eigenvalue weighted by Crippen LogP contribution is 2.50. The summed E-state index contributed by atoms with van der Waals surface area (Å²) in [6.07, 6.45) is 0. The predicted molar refractivity (Wildman–Crippen MR) is 82.7 cm³/mol. The standard InChI is InChI=1S/C14H30N3OP/c1-11(2)16(12(3)4)19(18-10-9-15)17(13(5)6)14(7)8/h11-14H,10H2,1-8H3. The van der Waals surface area contributed by atoms with Gasteiger partial charge in [0, 0.05) is 24.2 Å². The van der Waals surface area contributed by atoms with Gasteiger partial charge >= 0.3 is 0 Å². The quantitative estimate of drug-likeness (QED) is 0.633. The van der Waals surface area contributed by atoms with Gasteiger partial charge in [0.1, 0.15) is 6.61 Å². The molecule has 0 aliphatic rings. The van der Waals surface area contributed by atoms with Gasteiger partial charge in [0.05, 0.1) is 6.07 Å². The van der Waals surface area contributed by atoms with E-state index in [0.29, 0.717) is 24.2 Å². The third-order valence-electron chi connectivity index (χ3n) is 2.76. The molecule has 0 fully saturated rings. The van der Waals surface area contributed by atoms with Crippen molar-refractivity contribution in [2.24, 2.45) is 0 Å². The summed E-state index contributed by atoms with van der Waals surface area (Å²) in [6, 6.07) is 3.68. The number of rotatable bonds is 8. The van der Waals surface area contributed by atoms with E-state index in [1.54, 1.807) is 0 Å². The third-order valence-corrected chi connectivity index (χ3v) is 5.75. The van der Waals surface area contributed by atoms with E-state index in [4.69, 9.17) is 9.79 Å². The lowest BCUT2D eigenvalue weighted by Crippen LogP contribution is -2.43. The van der Waals surface area contributed by atoms with E-state index in [-0.39, 0.29) is 6.61 Å². The topological polar surface area (TPSA) is 39.5 Å². The third kappa shape index (κ3) is 5.75. The van der Waals surface area contributed by atoms with Crippen LogP contribution in [-0.4, -0.2) is 40.1 Å². The fourth-order valence-corrected chi connectivity index (χ4v) is 4.58. The van der Waals surface area contributed by atoms with Crippen LogP contribution in [-0.2, 0) is 4.52 Å². The molecular formula is C14H30N3OP. The molecule has 0 aliphatic carbocycles. The van der Waals surface area contributed by atoms with Crippen molar-refractivity contribution in [3.63, 3.8) is 0 Å². The van der Waals surface area contributed by atoms with E-state index in [1.807, 2.05) is 0 Å². The molecule has 0 atom stereocenters. The van der Waals surface area contributed by atoms with Gasteiger partial charge in [-0.05, 0) is 55.4 Å². The molecule has 0 saturated carbocycles. The SMILES string of the molecule is CC(C)N(C(C)C)P(OCC#N)N(C(C)C)C(C)C. The van der Waals surface area contributed by atoms with Gasteiger partial charge < -0.3 is 4.52 Å². The maximum atomic E-state index is 8.83. The van der Waals surface area contributed by atoms with Gasteiger partial charge in [0.25, 0.3) is 0 Å². The number of nitriles is 1.